The zero-order valence-electron chi connectivity index (χ0n) is 10.1. The zero-order chi connectivity index (χ0) is 13.1. The van der Waals surface area contributed by atoms with Crippen molar-refractivity contribution in [2.75, 3.05) is 31.1 Å². The number of hydrogen-bond donors (Lipinski definition) is 1. The van der Waals surface area contributed by atoms with Gasteiger partial charge >= 0.3 is 0 Å². The van der Waals surface area contributed by atoms with Gasteiger partial charge in [-0.25, -0.2) is 4.98 Å². The van der Waals surface area contributed by atoms with Crippen LogP contribution in [0.2, 0.25) is 0 Å². The van der Waals surface area contributed by atoms with Crippen LogP contribution in [0.4, 0.5) is 5.82 Å². The van der Waals surface area contributed by atoms with E-state index in [2.05, 4.69) is 25.8 Å². The SMILES string of the molecule is CC(C#N)N1CCN(c2nc[nH]c(=O)c2I)CC1. The summed E-state index contributed by atoms with van der Waals surface area (Å²) in [6.07, 6.45) is 1.43. The van der Waals surface area contributed by atoms with Crippen molar-refractivity contribution in [1.29, 1.82) is 5.26 Å². The van der Waals surface area contributed by atoms with Crippen LogP contribution >= 0.6 is 22.6 Å². The number of halogens is 1. The molecule has 0 amide bonds. The summed E-state index contributed by atoms with van der Waals surface area (Å²) >= 11 is 2.02. The molecular formula is C11H14IN5O. The van der Waals surface area contributed by atoms with E-state index in [0.717, 1.165) is 32.0 Å². The summed E-state index contributed by atoms with van der Waals surface area (Å²) in [5.74, 6) is 0.739. The molecule has 7 heteroatoms. The van der Waals surface area contributed by atoms with Crippen molar-refractivity contribution >= 4 is 28.4 Å². The molecular weight excluding hydrogens is 345 g/mol. The molecule has 2 rings (SSSR count). The third-order valence-electron chi connectivity index (χ3n) is 3.13. The van der Waals surface area contributed by atoms with Gasteiger partial charge in [-0.2, -0.15) is 5.26 Å². The molecule has 1 aliphatic rings. The maximum absolute atomic E-state index is 11.5. The Morgan fingerprint density at radius 1 is 1.50 bits per heavy atom. The summed E-state index contributed by atoms with van der Waals surface area (Å²) < 4.78 is 0.622. The first-order valence-corrected chi connectivity index (χ1v) is 6.83. The van der Waals surface area contributed by atoms with Crippen molar-refractivity contribution in [3.8, 4) is 6.07 Å². The summed E-state index contributed by atoms with van der Waals surface area (Å²) in [5.41, 5.74) is -0.103. The van der Waals surface area contributed by atoms with Crippen molar-refractivity contribution in [1.82, 2.24) is 14.9 Å². The molecule has 96 valence electrons. The second kappa shape index (κ2) is 5.67. The highest BCUT2D eigenvalue weighted by Crippen LogP contribution is 2.17. The van der Waals surface area contributed by atoms with Crippen LogP contribution in [0.3, 0.4) is 0 Å². The molecule has 0 radical (unpaired) electrons. The fraction of sp³-hybridized carbons (Fsp3) is 0.545. The minimum atomic E-state index is -0.103. The summed E-state index contributed by atoms with van der Waals surface area (Å²) in [6.45, 7) is 5.13. The molecule has 0 saturated carbocycles. The Kier molecular flexibility index (Phi) is 4.19. The van der Waals surface area contributed by atoms with Crippen LogP contribution in [-0.4, -0.2) is 47.1 Å². The molecule has 1 unspecified atom stereocenters. The number of hydrogen-bond acceptors (Lipinski definition) is 5. The lowest BCUT2D eigenvalue weighted by molar-refractivity contribution is 0.231. The summed E-state index contributed by atoms with van der Waals surface area (Å²) in [6, 6.07) is 2.19. The Morgan fingerprint density at radius 3 is 2.78 bits per heavy atom. The van der Waals surface area contributed by atoms with E-state index >= 15 is 0 Å². The van der Waals surface area contributed by atoms with Gasteiger partial charge in [-0.3, -0.25) is 9.69 Å². The molecule has 0 aliphatic carbocycles. The Hall–Kier alpha value is -1.14. The van der Waals surface area contributed by atoms with Gasteiger partial charge in [-0.15, -0.1) is 0 Å². The predicted octanol–water partition coefficient (Wildman–Crippen LogP) is 0.409. The first-order valence-electron chi connectivity index (χ1n) is 5.75. The van der Waals surface area contributed by atoms with Crippen LogP contribution in [0.15, 0.2) is 11.1 Å². The van der Waals surface area contributed by atoms with E-state index in [9.17, 15) is 4.79 Å². The van der Waals surface area contributed by atoms with Crippen LogP contribution in [0.25, 0.3) is 0 Å². The van der Waals surface area contributed by atoms with Crippen LogP contribution in [0.5, 0.6) is 0 Å². The molecule has 0 spiro atoms. The van der Waals surface area contributed by atoms with Crippen molar-refractivity contribution in [2.45, 2.75) is 13.0 Å². The van der Waals surface area contributed by atoms with Gasteiger partial charge in [0.1, 0.15) is 9.39 Å². The maximum atomic E-state index is 11.5. The average Bonchev–Trinajstić information content (AvgIpc) is 2.41. The first-order chi connectivity index (χ1) is 8.63. The molecule has 0 bridgehead atoms. The normalized spacial score (nSPS) is 18.4. The van der Waals surface area contributed by atoms with E-state index in [0.29, 0.717) is 3.57 Å². The van der Waals surface area contributed by atoms with Gasteiger partial charge in [0, 0.05) is 26.2 Å². The first kappa shape index (κ1) is 13.3. The molecule has 1 saturated heterocycles. The number of nitrogens with zero attached hydrogens (tertiary/aromatic N) is 4. The Morgan fingerprint density at radius 2 is 2.17 bits per heavy atom. The lowest BCUT2D eigenvalue weighted by Gasteiger charge is -2.36. The molecule has 1 aliphatic heterocycles. The number of aromatic amines is 1. The fourth-order valence-electron chi connectivity index (χ4n) is 2.00. The molecule has 1 aromatic rings. The highest BCUT2D eigenvalue weighted by molar-refractivity contribution is 14.1. The molecule has 2 heterocycles. The van der Waals surface area contributed by atoms with Gasteiger partial charge in [0.15, 0.2) is 0 Å². The molecule has 18 heavy (non-hydrogen) atoms. The van der Waals surface area contributed by atoms with E-state index in [1.165, 1.54) is 6.33 Å². The van der Waals surface area contributed by atoms with Crippen molar-refractivity contribution < 1.29 is 0 Å². The molecule has 1 N–H and O–H groups in total. The third-order valence-corrected chi connectivity index (χ3v) is 4.10. The smallest absolute Gasteiger partial charge is 0.266 e. The molecule has 0 aromatic carbocycles. The number of aromatic nitrogens is 2. The van der Waals surface area contributed by atoms with E-state index in [4.69, 9.17) is 5.26 Å². The Labute approximate surface area is 119 Å². The highest BCUT2D eigenvalue weighted by atomic mass is 127. The van der Waals surface area contributed by atoms with Gasteiger partial charge in [0.2, 0.25) is 0 Å². The van der Waals surface area contributed by atoms with E-state index in [1.54, 1.807) is 0 Å². The number of anilines is 1. The molecule has 1 fully saturated rings. The quantitative estimate of drug-likeness (QED) is 0.775. The van der Waals surface area contributed by atoms with Crippen LogP contribution in [-0.2, 0) is 0 Å². The number of nitrogens with one attached hydrogen (secondary N) is 1. The molecule has 6 nitrogen and oxygen atoms in total. The molecule has 1 atom stereocenters. The van der Waals surface area contributed by atoms with Gasteiger partial charge in [0.05, 0.1) is 18.4 Å². The maximum Gasteiger partial charge on any atom is 0.266 e. The lowest BCUT2D eigenvalue weighted by atomic mass is 10.2. The van der Waals surface area contributed by atoms with Crippen LogP contribution in [0, 0.1) is 14.9 Å². The average molecular weight is 359 g/mol. The highest BCUT2D eigenvalue weighted by Gasteiger charge is 2.23. The minimum absolute atomic E-state index is 0.0571. The Balaban J connectivity index is 2.09. The number of rotatable bonds is 2. The summed E-state index contributed by atoms with van der Waals surface area (Å²) in [4.78, 5) is 22.5. The summed E-state index contributed by atoms with van der Waals surface area (Å²) in [5, 5.41) is 8.89. The van der Waals surface area contributed by atoms with Gasteiger partial charge < -0.3 is 9.88 Å². The Bertz CT molecular complexity index is 515. The number of nitriles is 1. The second-order valence-corrected chi connectivity index (χ2v) is 5.28. The number of H-pyrrole nitrogens is 1. The predicted molar refractivity (Wildman–Crippen MR) is 76.4 cm³/mol. The topological polar surface area (TPSA) is 76.0 Å². The van der Waals surface area contributed by atoms with Crippen molar-refractivity contribution in [3.05, 3.63) is 20.3 Å². The molecule has 1 aromatic heterocycles. The zero-order valence-corrected chi connectivity index (χ0v) is 12.2. The fourth-order valence-corrected chi connectivity index (χ4v) is 2.63. The second-order valence-electron chi connectivity index (χ2n) is 4.20. The van der Waals surface area contributed by atoms with Crippen molar-refractivity contribution in [2.24, 2.45) is 0 Å². The van der Waals surface area contributed by atoms with Gasteiger partial charge in [-0.1, -0.05) is 0 Å². The van der Waals surface area contributed by atoms with Gasteiger partial charge in [0.25, 0.3) is 5.56 Å². The monoisotopic (exact) mass is 359 g/mol. The third kappa shape index (κ3) is 2.64. The lowest BCUT2D eigenvalue weighted by Crippen LogP contribution is -2.50. The van der Waals surface area contributed by atoms with Crippen LogP contribution < -0.4 is 10.5 Å². The largest absolute Gasteiger partial charge is 0.353 e. The van der Waals surface area contributed by atoms with Crippen LogP contribution in [0.1, 0.15) is 6.92 Å². The standard InChI is InChI=1S/C11H14IN5O/c1-8(6-13)16-2-4-17(5-3-16)10-9(12)11(18)15-7-14-10/h7-8H,2-5H2,1H3,(H,14,15,18). The van der Waals surface area contributed by atoms with Crippen molar-refractivity contribution in [3.63, 3.8) is 0 Å². The van der Waals surface area contributed by atoms with E-state index < -0.39 is 0 Å². The summed E-state index contributed by atoms with van der Waals surface area (Å²) in [7, 11) is 0. The van der Waals surface area contributed by atoms with Gasteiger partial charge in [-0.05, 0) is 29.5 Å². The number of piperazine rings is 1. The van der Waals surface area contributed by atoms with E-state index in [-0.39, 0.29) is 11.6 Å². The van der Waals surface area contributed by atoms with E-state index in [1.807, 2.05) is 29.5 Å². The minimum Gasteiger partial charge on any atom is -0.353 e.